The second kappa shape index (κ2) is 4.66. The predicted molar refractivity (Wildman–Crippen MR) is 80.7 cm³/mol. The zero-order chi connectivity index (χ0) is 13.4. The Kier molecular flexibility index (Phi) is 2.98. The van der Waals surface area contributed by atoms with Gasteiger partial charge < -0.3 is 5.32 Å². The zero-order valence-corrected chi connectivity index (χ0v) is 12.3. The Bertz CT molecular complexity index is 748. The SMILES string of the molecule is Cc1cc(Nc2cc3cc(Br)ccc3cn2)n(C)n1. The molecule has 0 aliphatic carbocycles. The van der Waals surface area contributed by atoms with Crippen molar-refractivity contribution in [2.75, 3.05) is 5.32 Å². The van der Waals surface area contributed by atoms with Gasteiger partial charge in [-0.15, -0.1) is 0 Å². The van der Waals surface area contributed by atoms with Crippen LogP contribution in [0, 0.1) is 6.92 Å². The number of nitrogens with zero attached hydrogens (tertiary/aromatic N) is 3. The van der Waals surface area contributed by atoms with E-state index in [4.69, 9.17) is 0 Å². The number of aromatic nitrogens is 3. The molecule has 0 fully saturated rings. The van der Waals surface area contributed by atoms with Gasteiger partial charge in [0.25, 0.3) is 0 Å². The highest BCUT2D eigenvalue weighted by Gasteiger charge is 2.04. The van der Waals surface area contributed by atoms with Gasteiger partial charge in [0.15, 0.2) is 0 Å². The fraction of sp³-hybridized carbons (Fsp3) is 0.143. The molecule has 0 amide bonds. The normalized spacial score (nSPS) is 10.9. The van der Waals surface area contributed by atoms with Crippen LogP contribution in [0.1, 0.15) is 5.69 Å². The van der Waals surface area contributed by atoms with Crippen molar-refractivity contribution in [2.24, 2.45) is 7.05 Å². The number of benzene rings is 1. The molecule has 0 unspecified atom stereocenters. The van der Waals surface area contributed by atoms with Gasteiger partial charge in [-0.2, -0.15) is 5.10 Å². The lowest BCUT2D eigenvalue weighted by molar-refractivity contribution is 0.764. The summed E-state index contributed by atoms with van der Waals surface area (Å²) in [4.78, 5) is 4.41. The summed E-state index contributed by atoms with van der Waals surface area (Å²) >= 11 is 3.48. The maximum Gasteiger partial charge on any atom is 0.132 e. The molecule has 2 heterocycles. The summed E-state index contributed by atoms with van der Waals surface area (Å²) in [6, 6.07) is 10.2. The zero-order valence-electron chi connectivity index (χ0n) is 10.7. The average Bonchev–Trinajstić information content (AvgIpc) is 2.67. The van der Waals surface area contributed by atoms with Crippen molar-refractivity contribution in [2.45, 2.75) is 6.92 Å². The highest BCUT2D eigenvalue weighted by atomic mass is 79.9. The lowest BCUT2D eigenvalue weighted by Gasteiger charge is -2.06. The Balaban J connectivity index is 1.99. The Hall–Kier alpha value is -1.88. The number of anilines is 2. The van der Waals surface area contributed by atoms with Crippen LogP contribution in [0.15, 0.2) is 41.0 Å². The van der Waals surface area contributed by atoms with E-state index in [1.54, 1.807) is 0 Å². The van der Waals surface area contributed by atoms with Crippen molar-refractivity contribution in [3.8, 4) is 0 Å². The van der Waals surface area contributed by atoms with Gasteiger partial charge in [-0.1, -0.05) is 22.0 Å². The molecule has 1 N–H and O–H groups in total. The number of rotatable bonds is 2. The molecule has 3 rings (SSSR count). The van der Waals surface area contributed by atoms with Crippen LogP contribution in [-0.4, -0.2) is 14.8 Å². The molecule has 0 radical (unpaired) electrons. The van der Waals surface area contributed by atoms with E-state index in [0.29, 0.717) is 0 Å². The molecule has 0 bridgehead atoms. The Morgan fingerprint density at radius 2 is 2.00 bits per heavy atom. The summed E-state index contributed by atoms with van der Waals surface area (Å²) in [6.07, 6.45) is 1.87. The number of pyridine rings is 1. The molecular weight excluding hydrogens is 304 g/mol. The van der Waals surface area contributed by atoms with Gasteiger partial charge in [0.1, 0.15) is 11.6 Å². The fourth-order valence-corrected chi connectivity index (χ4v) is 2.42. The Morgan fingerprint density at radius 3 is 2.74 bits per heavy atom. The number of hydrogen-bond donors (Lipinski definition) is 1. The summed E-state index contributed by atoms with van der Waals surface area (Å²) in [7, 11) is 1.91. The van der Waals surface area contributed by atoms with Gasteiger partial charge in [-0.25, -0.2) is 4.98 Å². The van der Waals surface area contributed by atoms with Crippen molar-refractivity contribution in [3.05, 3.63) is 46.7 Å². The summed E-state index contributed by atoms with van der Waals surface area (Å²) < 4.78 is 2.87. The van der Waals surface area contributed by atoms with Gasteiger partial charge in [0.2, 0.25) is 0 Å². The monoisotopic (exact) mass is 316 g/mol. The molecule has 2 aromatic heterocycles. The first-order chi connectivity index (χ1) is 9.11. The van der Waals surface area contributed by atoms with E-state index in [-0.39, 0.29) is 0 Å². The third-order valence-electron chi connectivity index (χ3n) is 2.94. The lowest BCUT2D eigenvalue weighted by atomic mass is 10.2. The molecule has 0 aliphatic rings. The molecular formula is C14H13BrN4. The van der Waals surface area contributed by atoms with Gasteiger partial charge in [-0.3, -0.25) is 4.68 Å². The van der Waals surface area contributed by atoms with E-state index in [0.717, 1.165) is 32.6 Å². The smallest absolute Gasteiger partial charge is 0.132 e. The standard InChI is InChI=1S/C14H13BrN4/c1-9-5-14(19(2)18-9)17-13-7-11-6-12(15)4-3-10(11)8-16-13/h3-8H,1-2H3,(H,16,17). The van der Waals surface area contributed by atoms with E-state index < -0.39 is 0 Å². The van der Waals surface area contributed by atoms with E-state index in [9.17, 15) is 0 Å². The van der Waals surface area contributed by atoms with Crippen LogP contribution in [0.25, 0.3) is 10.8 Å². The maximum atomic E-state index is 4.41. The second-order valence-electron chi connectivity index (χ2n) is 4.48. The number of halogens is 1. The number of nitrogens with one attached hydrogen (secondary N) is 1. The highest BCUT2D eigenvalue weighted by Crippen LogP contribution is 2.23. The number of fused-ring (bicyclic) bond motifs is 1. The minimum atomic E-state index is 0.814. The molecule has 0 saturated heterocycles. The van der Waals surface area contributed by atoms with Crippen LogP contribution in [0.5, 0.6) is 0 Å². The number of aryl methyl sites for hydroxylation is 2. The van der Waals surface area contributed by atoms with Crippen LogP contribution in [-0.2, 0) is 7.05 Å². The summed E-state index contributed by atoms with van der Waals surface area (Å²) in [5.74, 6) is 1.74. The molecule has 0 aliphatic heterocycles. The van der Waals surface area contributed by atoms with Gasteiger partial charge in [0, 0.05) is 29.2 Å². The molecule has 19 heavy (non-hydrogen) atoms. The summed E-state index contributed by atoms with van der Waals surface area (Å²) in [5.41, 5.74) is 0.980. The molecule has 0 spiro atoms. The lowest BCUT2D eigenvalue weighted by Crippen LogP contribution is -2.00. The molecule has 4 nitrogen and oxygen atoms in total. The van der Waals surface area contributed by atoms with Gasteiger partial charge >= 0.3 is 0 Å². The van der Waals surface area contributed by atoms with Crippen LogP contribution in [0.2, 0.25) is 0 Å². The quantitative estimate of drug-likeness (QED) is 0.782. The van der Waals surface area contributed by atoms with Crippen molar-refractivity contribution in [3.63, 3.8) is 0 Å². The molecule has 5 heteroatoms. The van der Waals surface area contributed by atoms with E-state index >= 15 is 0 Å². The average molecular weight is 317 g/mol. The van der Waals surface area contributed by atoms with Crippen LogP contribution >= 0.6 is 15.9 Å². The molecule has 1 aromatic carbocycles. The third-order valence-corrected chi connectivity index (χ3v) is 3.44. The van der Waals surface area contributed by atoms with Crippen molar-refractivity contribution >= 4 is 38.3 Å². The van der Waals surface area contributed by atoms with Crippen LogP contribution < -0.4 is 5.32 Å². The predicted octanol–water partition coefficient (Wildman–Crippen LogP) is 3.78. The second-order valence-corrected chi connectivity index (χ2v) is 5.40. The molecule has 0 saturated carbocycles. The molecule has 3 aromatic rings. The topological polar surface area (TPSA) is 42.7 Å². The van der Waals surface area contributed by atoms with Crippen molar-refractivity contribution < 1.29 is 0 Å². The third kappa shape index (κ3) is 2.46. The van der Waals surface area contributed by atoms with Gasteiger partial charge in [0.05, 0.1) is 5.69 Å². The van der Waals surface area contributed by atoms with Crippen LogP contribution in [0.4, 0.5) is 11.6 Å². The Labute approximate surface area is 119 Å². The summed E-state index contributed by atoms with van der Waals surface area (Å²) in [5, 5.41) is 9.85. The van der Waals surface area contributed by atoms with E-state index in [2.05, 4.69) is 37.4 Å². The maximum absolute atomic E-state index is 4.41. The van der Waals surface area contributed by atoms with Crippen molar-refractivity contribution in [1.82, 2.24) is 14.8 Å². The minimum absolute atomic E-state index is 0.814. The Morgan fingerprint density at radius 1 is 1.16 bits per heavy atom. The minimum Gasteiger partial charge on any atom is -0.325 e. The summed E-state index contributed by atoms with van der Waals surface area (Å²) in [6.45, 7) is 1.97. The molecule has 96 valence electrons. The van der Waals surface area contributed by atoms with E-state index in [1.807, 2.05) is 49.1 Å². The molecule has 0 atom stereocenters. The van der Waals surface area contributed by atoms with Crippen molar-refractivity contribution in [1.29, 1.82) is 0 Å². The largest absolute Gasteiger partial charge is 0.325 e. The highest BCUT2D eigenvalue weighted by molar-refractivity contribution is 9.10. The van der Waals surface area contributed by atoms with Crippen LogP contribution in [0.3, 0.4) is 0 Å². The first-order valence-corrected chi connectivity index (χ1v) is 6.74. The first kappa shape index (κ1) is 12.2. The van der Waals surface area contributed by atoms with E-state index in [1.165, 1.54) is 0 Å². The van der Waals surface area contributed by atoms with Gasteiger partial charge in [-0.05, 0) is 30.5 Å². The number of hydrogen-bond acceptors (Lipinski definition) is 3. The first-order valence-electron chi connectivity index (χ1n) is 5.95. The fourth-order valence-electron chi connectivity index (χ4n) is 2.04.